The SMILES string of the molecule is COCC(=O)c1cccc(Sc2cccc(OC)c2)c1. The summed E-state index contributed by atoms with van der Waals surface area (Å²) >= 11 is 1.59. The van der Waals surface area contributed by atoms with E-state index in [2.05, 4.69) is 0 Å². The van der Waals surface area contributed by atoms with Crippen LogP contribution in [0.5, 0.6) is 5.75 Å². The molecule has 0 saturated heterocycles. The first-order chi connectivity index (χ1) is 9.72. The standard InChI is InChI=1S/C16H16O3S/c1-18-11-16(17)12-5-3-7-14(9-12)20-15-8-4-6-13(10-15)19-2/h3-10H,11H2,1-2H3. The Morgan fingerprint density at radius 1 is 1.05 bits per heavy atom. The molecular weight excluding hydrogens is 272 g/mol. The number of hydrogen-bond donors (Lipinski definition) is 0. The van der Waals surface area contributed by atoms with E-state index in [0.29, 0.717) is 5.56 Å². The van der Waals surface area contributed by atoms with Crippen LogP contribution in [0.25, 0.3) is 0 Å². The zero-order chi connectivity index (χ0) is 14.4. The lowest BCUT2D eigenvalue weighted by Crippen LogP contribution is -2.06. The molecule has 104 valence electrons. The summed E-state index contributed by atoms with van der Waals surface area (Å²) in [5.41, 5.74) is 0.666. The lowest BCUT2D eigenvalue weighted by Gasteiger charge is -2.06. The van der Waals surface area contributed by atoms with Crippen LogP contribution in [0.1, 0.15) is 10.4 Å². The Morgan fingerprint density at radius 2 is 1.75 bits per heavy atom. The Morgan fingerprint density at radius 3 is 2.45 bits per heavy atom. The van der Waals surface area contributed by atoms with Gasteiger partial charge in [-0.15, -0.1) is 0 Å². The summed E-state index contributed by atoms with van der Waals surface area (Å²) < 4.78 is 10.1. The number of rotatable bonds is 6. The highest BCUT2D eigenvalue weighted by Gasteiger charge is 2.07. The quantitative estimate of drug-likeness (QED) is 0.760. The van der Waals surface area contributed by atoms with Gasteiger partial charge in [-0.2, -0.15) is 0 Å². The van der Waals surface area contributed by atoms with Crippen molar-refractivity contribution in [2.45, 2.75) is 9.79 Å². The zero-order valence-corrected chi connectivity index (χ0v) is 12.3. The number of benzene rings is 2. The normalized spacial score (nSPS) is 10.3. The van der Waals surface area contributed by atoms with E-state index in [-0.39, 0.29) is 12.4 Å². The highest BCUT2D eigenvalue weighted by molar-refractivity contribution is 7.99. The van der Waals surface area contributed by atoms with Crippen LogP contribution in [0.15, 0.2) is 58.3 Å². The molecule has 0 N–H and O–H groups in total. The van der Waals surface area contributed by atoms with E-state index >= 15 is 0 Å². The first-order valence-electron chi connectivity index (χ1n) is 6.17. The summed E-state index contributed by atoms with van der Waals surface area (Å²) in [4.78, 5) is 13.9. The number of hydrogen-bond acceptors (Lipinski definition) is 4. The first kappa shape index (κ1) is 14.6. The zero-order valence-electron chi connectivity index (χ0n) is 11.5. The number of carbonyl (C=O) groups is 1. The maximum absolute atomic E-state index is 11.8. The molecular formula is C16H16O3S. The Labute approximate surface area is 122 Å². The van der Waals surface area contributed by atoms with Crippen LogP contribution in [0.3, 0.4) is 0 Å². The molecule has 0 atom stereocenters. The van der Waals surface area contributed by atoms with Crippen LogP contribution >= 0.6 is 11.8 Å². The molecule has 0 aromatic heterocycles. The van der Waals surface area contributed by atoms with Crippen LogP contribution in [-0.4, -0.2) is 26.6 Å². The van der Waals surface area contributed by atoms with Crippen molar-refractivity contribution in [2.75, 3.05) is 20.8 Å². The van der Waals surface area contributed by atoms with E-state index in [0.717, 1.165) is 15.5 Å². The minimum atomic E-state index is -0.0133. The largest absolute Gasteiger partial charge is 0.497 e. The third-order valence-corrected chi connectivity index (χ3v) is 3.69. The van der Waals surface area contributed by atoms with Crippen molar-refractivity contribution in [3.63, 3.8) is 0 Å². The lowest BCUT2D eigenvalue weighted by atomic mass is 10.1. The van der Waals surface area contributed by atoms with Crippen molar-refractivity contribution in [3.05, 3.63) is 54.1 Å². The van der Waals surface area contributed by atoms with Gasteiger partial charge in [-0.25, -0.2) is 0 Å². The van der Waals surface area contributed by atoms with E-state index in [9.17, 15) is 4.79 Å². The maximum Gasteiger partial charge on any atom is 0.188 e. The van der Waals surface area contributed by atoms with Crippen molar-refractivity contribution in [1.82, 2.24) is 0 Å². The van der Waals surface area contributed by atoms with Crippen LogP contribution in [-0.2, 0) is 4.74 Å². The molecule has 2 aromatic carbocycles. The van der Waals surface area contributed by atoms with Gasteiger partial charge in [-0.1, -0.05) is 30.0 Å². The predicted molar refractivity (Wildman–Crippen MR) is 79.8 cm³/mol. The second-order valence-corrected chi connectivity index (χ2v) is 5.31. The van der Waals surface area contributed by atoms with Gasteiger partial charge in [0.05, 0.1) is 7.11 Å². The highest BCUT2D eigenvalue weighted by atomic mass is 32.2. The topological polar surface area (TPSA) is 35.5 Å². The van der Waals surface area contributed by atoms with Gasteiger partial charge >= 0.3 is 0 Å². The minimum absolute atomic E-state index is 0.0133. The molecule has 0 heterocycles. The number of methoxy groups -OCH3 is 2. The average Bonchev–Trinajstić information content (AvgIpc) is 2.48. The molecule has 0 spiro atoms. The third-order valence-electron chi connectivity index (χ3n) is 2.71. The van der Waals surface area contributed by atoms with Gasteiger partial charge in [0, 0.05) is 22.5 Å². The van der Waals surface area contributed by atoms with E-state index < -0.39 is 0 Å². The summed E-state index contributed by atoms with van der Waals surface area (Å²) in [5, 5.41) is 0. The van der Waals surface area contributed by atoms with Crippen LogP contribution in [0.2, 0.25) is 0 Å². The van der Waals surface area contributed by atoms with Crippen molar-refractivity contribution in [2.24, 2.45) is 0 Å². The second-order valence-electron chi connectivity index (χ2n) is 4.17. The fraction of sp³-hybridized carbons (Fsp3) is 0.188. The molecule has 2 rings (SSSR count). The molecule has 0 radical (unpaired) electrons. The van der Waals surface area contributed by atoms with Crippen LogP contribution in [0, 0.1) is 0 Å². The molecule has 0 amide bonds. The van der Waals surface area contributed by atoms with Crippen LogP contribution < -0.4 is 4.74 Å². The van der Waals surface area contributed by atoms with Gasteiger partial charge in [-0.3, -0.25) is 4.79 Å². The highest BCUT2D eigenvalue weighted by Crippen LogP contribution is 2.30. The number of ether oxygens (including phenoxy) is 2. The summed E-state index contributed by atoms with van der Waals surface area (Å²) in [5.74, 6) is 0.808. The van der Waals surface area contributed by atoms with E-state index in [1.54, 1.807) is 24.9 Å². The molecule has 4 heteroatoms. The Balaban J connectivity index is 2.16. The first-order valence-corrected chi connectivity index (χ1v) is 6.98. The van der Waals surface area contributed by atoms with Gasteiger partial charge in [-0.05, 0) is 30.3 Å². The fourth-order valence-corrected chi connectivity index (χ4v) is 2.67. The summed E-state index contributed by atoms with van der Waals surface area (Å²) in [6.07, 6.45) is 0. The summed E-state index contributed by atoms with van der Waals surface area (Å²) in [7, 11) is 3.17. The Bertz CT molecular complexity index is 596. The average molecular weight is 288 g/mol. The molecule has 0 aliphatic rings. The number of Topliss-reactive ketones (excluding diaryl/α,β-unsaturated/α-hetero) is 1. The van der Waals surface area contributed by atoms with E-state index in [1.165, 1.54) is 7.11 Å². The molecule has 0 fully saturated rings. The van der Waals surface area contributed by atoms with Crippen molar-refractivity contribution < 1.29 is 14.3 Å². The molecule has 2 aromatic rings. The van der Waals surface area contributed by atoms with Gasteiger partial charge in [0.15, 0.2) is 5.78 Å². The number of ketones is 1. The summed E-state index contributed by atoms with van der Waals surface area (Å²) in [6, 6.07) is 15.4. The third kappa shape index (κ3) is 3.85. The summed E-state index contributed by atoms with van der Waals surface area (Å²) in [6.45, 7) is 0.104. The van der Waals surface area contributed by atoms with Crippen molar-refractivity contribution in [3.8, 4) is 5.75 Å². The maximum atomic E-state index is 11.8. The molecule has 0 saturated carbocycles. The van der Waals surface area contributed by atoms with Gasteiger partial charge in [0.2, 0.25) is 0 Å². The lowest BCUT2D eigenvalue weighted by molar-refractivity contribution is 0.0848. The fourth-order valence-electron chi connectivity index (χ4n) is 1.75. The van der Waals surface area contributed by atoms with Crippen LogP contribution in [0.4, 0.5) is 0 Å². The number of carbonyl (C=O) groups excluding carboxylic acids is 1. The monoisotopic (exact) mass is 288 g/mol. The van der Waals surface area contributed by atoms with Crippen molar-refractivity contribution >= 4 is 17.5 Å². The smallest absolute Gasteiger partial charge is 0.188 e. The van der Waals surface area contributed by atoms with E-state index in [1.807, 2.05) is 42.5 Å². The molecule has 0 aliphatic carbocycles. The Hall–Kier alpha value is -1.78. The molecule has 0 bridgehead atoms. The predicted octanol–water partition coefficient (Wildman–Crippen LogP) is 3.68. The van der Waals surface area contributed by atoms with Gasteiger partial charge in [0.25, 0.3) is 0 Å². The Kier molecular flexibility index (Phi) is 5.21. The molecule has 3 nitrogen and oxygen atoms in total. The van der Waals surface area contributed by atoms with Gasteiger partial charge in [0.1, 0.15) is 12.4 Å². The van der Waals surface area contributed by atoms with Gasteiger partial charge < -0.3 is 9.47 Å². The molecule has 0 aliphatic heterocycles. The van der Waals surface area contributed by atoms with Crippen molar-refractivity contribution in [1.29, 1.82) is 0 Å². The minimum Gasteiger partial charge on any atom is -0.497 e. The molecule has 0 unspecified atom stereocenters. The van der Waals surface area contributed by atoms with E-state index in [4.69, 9.17) is 9.47 Å². The molecule has 20 heavy (non-hydrogen) atoms. The second kappa shape index (κ2) is 7.12.